The van der Waals surface area contributed by atoms with Gasteiger partial charge in [0.15, 0.2) is 0 Å². The maximum Gasteiger partial charge on any atom is 0.0741 e. The number of hydrogen-bond donors (Lipinski definition) is 2. The van der Waals surface area contributed by atoms with E-state index in [4.69, 9.17) is 15.3 Å². The van der Waals surface area contributed by atoms with Gasteiger partial charge >= 0.3 is 0 Å². The lowest BCUT2D eigenvalue weighted by molar-refractivity contribution is -0.0188. The smallest absolute Gasteiger partial charge is 0.0741 e. The highest BCUT2D eigenvalue weighted by atomic mass is 16.5. The van der Waals surface area contributed by atoms with Crippen LogP contribution in [0.1, 0.15) is 38.5 Å². The monoisotopic (exact) mass is 228 g/mol. The Balaban J connectivity index is 1.78. The first-order chi connectivity index (χ1) is 7.90. The highest BCUT2D eigenvalue weighted by Crippen LogP contribution is 2.25. The van der Waals surface area contributed by atoms with Crippen molar-refractivity contribution in [1.29, 1.82) is 0 Å². The zero-order valence-corrected chi connectivity index (χ0v) is 9.99. The van der Waals surface area contributed by atoms with Gasteiger partial charge in [0, 0.05) is 25.9 Å². The van der Waals surface area contributed by atoms with E-state index in [-0.39, 0.29) is 0 Å². The summed E-state index contributed by atoms with van der Waals surface area (Å²) < 4.78 is 11.2. The molecule has 2 heterocycles. The quantitative estimate of drug-likeness (QED) is 0.561. The summed E-state index contributed by atoms with van der Waals surface area (Å²) in [6.07, 6.45) is 7.42. The molecule has 0 amide bonds. The van der Waals surface area contributed by atoms with Gasteiger partial charge in [-0.05, 0) is 44.4 Å². The minimum absolute atomic E-state index is 0.321. The third-order valence-corrected chi connectivity index (χ3v) is 3.81. The van der Waals surface area contributed by atoms with E-state index in [1.54, 1.807) is 0 Å². The van der Waals surface area contributed by atoms with Crippen molar-refractivity contribution in [2.24, 2.45) is 11.8 Å². The number of nitrogens with one attached hydrogen (secondary N) is 1. The van der Waals surface area contributed by atoms with Crippen LogP contribution in [-0.2, 0) is 9.47 Å². The Morgan fingerprint density at radius 1 is 1.12 bits per heavy atom. The van der Waals surface area contributed by atoms with Crippen LogP contribution < -0.4 is 11.3 Å². The van der Waals surface area contributed by atoms with E-state index in [1.807, 2.05) is 0 Å². The number of rotatable bonds is 4. The third kappa shape index (κ3) is 3.42. The van der Waals surface area contributed by atoms with E-state index in [2.05, 4.69) is 5.43 Å². The van der Waals surface area contributed by atoms with Crippen molar-refractivity contribution in [3.8, 4) is 0 Å². The first-order valence-corrected chi connectivity index (χ1v) is 6.55. The molecule has 2 atom stereocenters. The zero-order valence-electron chi connectivity index (χ0n) is 9.99. The van der Waals surface area contributed by atoms with Crippen LogP contribution in [0.15, 0.2) is 0 Å². The topological polar surface area (TPSA) is 56.5 Å². The molecule has 0 bridgehead atoms. The second-order valence-corrected chi connectivity index (χ2v) is 4.97. The summed E-state index contributed by atoms with van der Waals surface area (Å²) in [6.45, 7) is 2.72. The Hall–Kier alpha value is -0.160. The SMILES string of the molecule is NNC(CC1CCOCC1)C1CCCCO1. The molecule has 0 radical (unpaired) electrons. The largest absolute Gasteiger partial charge is 0.381 e. The average molecular weight is 228 g/mol. The molecule has 4 nitrogen and oxygen atoms in total. The molecule has 0 aromatic heterocycles. The van der Waals surface area contributed by atoms with Gasteiger partial charge in [0.1, 0.15) is 0 Å². The highest BCUT2D eigenvalue weighted by molar-refractivity contribution is 4.81. The number of hydrazine groups is 1. The van der Waals surface area contributed by atoms with Gasteiger partial charge in [-0.2, -0.15) is 0 Å². The maximum absolute atomic E-state index is 5.80. The predicted octanol–water partition coefficient (Wildman–Crippen LogP) is 1.20. The molecule has 2 aliphatic heterocycles. The fourth-order valence-electron chi connectivity index (χ4n) is 2.75. The molecular formula is C12H24N2O2. The summed E-state index contributed by atoms with van der Waals surface area (Å²) in [5.74, 6) is 6.41. The molecule has 2 saturated heterocycles. The normalized spacial score (nSPS) is 30.2. The van der Waals surface area contributed by atoms with Crippen LogP contribution in [0.4, 0.5) is 0 Å². The van der Waals surface area contributed by atoms with E-state index < -0.39 is 0 Å². The van der Waals surface area contributed by atoms with Crippen molar-refractivity contribution in [1.82, 2.24) is 5.43 Å². The zero-order chi connectivity index (χ0) is 11.2. The second kappa shape index (κ2) is 6.55. The summed E-state index contributed by atoms with van der Waals surface area (Å²) in [5.41, 5.74) is 2.95. The highest BCUT2D eigenvalue weighted by Gasteiger charge is 2.27. The summed E-state index contributed by atoms with van der Waals surface area (Å²) in [6, 6.07) is 0.323. The number of nitrogens with two attached hydrogens (primary N) is 1. The molecule has 0 saturated carbocycles. The van der Waals surface area contributed by atoms with E-state index >= 15 is 0 Å². The third-order valence-electron chi connectivity index (χ3n) is 3.81. The number of hydrogen-bond acceptors (Lipinski definition) is 4. The van der Waals surface area contributed by atoms with Gasteiger partial charge in [-0.25, -0.2) is 0 Å². The Morgan fingerprint density at radius 3 is 2.56 bits per heavy atom. The van der Waals surface area contributed by atoms with Crippen molar-refractivity contribution in [2.75, 3.05) is 19.8 Å². The van der Waals surface area contributed by atoms with E-state index in [9.17, 15) is 0 Å². The van der Waals surface area contributed by atoms with Crippen LogP contribution in [-0.4, -0.2) is 32.0 Å². The Kier molecular flexibility index (Phi) is 5.03. The van der Waals surface area contributed by atoms with Crippen molar-refractivity contribution >= 4 is 0 Å². The van der Waals surface area contributed by atoms with Gasteiger partial charge in [-0.1, -0.05) is 0 Å². The molecule has 4 heteroatoms. The predicted molar refractivity (Wildman–Crippen MR) is 62.9 cm³/mol. The van der Waals surface area contributed by atoms with Crippen molar-refractivity contribution in [3.63, 3.8) is 0 Å². The van der Waals surface area contributed by atoms with Crippen molar-refractivity contribution in [2.45, 2.75) is 50.7 Å². The molecule has 0 aromatic rings. The van der Waals surface area contributed by atoms with Crippen LogP contribution >= 0.6 is 0 Å². The van der Waals surface area contributed by atoms with E-state index in [0.29, 0.717) is 12.1 Å². The lowest BCUT2D eigenvalue weighted by Gasteiger charge is -2.33. The van der Waals surface area contributed by atoms with Crippen molar-refractivity contribution < 1.29 is 9.47 Å². The second-order valence-electron chi connectivity index (χ2n) is 4.97. The molecule has 0 spiro atoms. The maximum atomic E-state index is 5.80. The molecule has 2 aliphatic rings. The van der Waals surface area contributed by atoms with Crippen molar-refractivity contribution in [3.05, 3.63) is 0 Å². The Bertz CT molecular complexity index is 189. The van der Waals surface area contributed by atoms with Crippen LogP contribution in [0.25, 0.3) is 0 Å². The lowest BCUT2D eigenvalue weighted by atomic mass is 9.89. The van der Waals surface area contributed by atoms with Gasteiger partial charge < -0.3 is 9.47 Å². The Morgan fingerprint density at radius 2 is 1.94 bits per heavy atom. The molecule has 0 aromatic carbocycles. The average Bonchev–Trinajstić information content (AvgIpc) is 2.38. The minimum Gasteiger partial charge on any atom is -0.381 e. The summed E-state index contributed by atoms with van der Waals surface area (Å²) in [4.78, 5) is 0. The molecule has 2 rings (SSSR count). The van der Waals surface area contributed by atoms with Crippen LogP contribution in [0, 0.1) is 5.92 Å². The van der Waals surface area contributed by atoms with Crippen LogP contribution in [0.5, 0.6) is 0 Å². The lowest BCUT2D eigenvalue weighted by Crippen LogP contribution is -2.47. The van der Waals surface area contributed by atoms with Gasteiger partial charge in [-0.15, -0.1) is 0 Å². The Labute approximate surface area is 97.8 Å². The van der Waals surface area contributed by atoms with Crippen LogP contribution in [0.2, 0.25) is 0 Å². The first-order valence-electron chi connectivity index (χ1n) is 6.55. The fourth-order valence-corrected chi connectivity index (χ4v) is 2.75. The van der Waals surface area contributed by atoms with E-state index in [1.165, 1.54) is 25.7 Å². The molecule has 2 fully saturated rings. The standard InChI is InChI=1S/C12H24N2O2/c13-14-11(12-3-1-2-6-16-12)9-10-4-7-15-8-5-10/h10-12,14H,1-9,13H2. The van der Waals surface area contributed by atoms with Gasteiger partial charge in [0.2, 0.25) is 0 Å². The molecule has 2 unspecified atom stereocenters. The molecule has 3 N–H and O–H groups in total. The molecule has 0 aliphatic carbocycles. The first kappa shape index (κ1) is 12.3. The minimum atomic E-state index is 0.321. The van der Waals surface area contributed by atoms with Gasteiger partial charge in [0.25, 0.3) is 0 Å². The van der Waals surface area contributed by atoms with Gasteiger partial charge in [-0.3, -0.25) is 11.3 Å². The van der Waals surface area contributed by atoms with Crippen LogP contribution in [0.3, 0.4) is 0 Å². The summed E-state index contributed by atoms with van der Waals surface area (Å²) >= 11 is 0. The summed E-state index contributed by atoms with van der Waals surface area (Å²) in [5, 5.41) is 0. The van der Waals surface area contributed by atoms with E-state index in [0.717, 1.165) is 38.6 Å². The summed E-state index contributed by atoms with van der Waals surface area (Å²) in [7, 11) is 0. The van der Waals surface area contributed by atoms with Gasteiger partial charge in [0.05, 0.1) is 6.10 Å². The molecular weight excluding hydrogens is 204 g/mol. The molecule has 16 heavy (non-hydrogen) atoms. The molecule has 94 valence electrons. The number of ether oxygens (including phenoxy) is 2. The fraction of sp³-hybridized carbons (Fsp3) is 1.00.